The maximum Gasteiger partial charge on any atom is 0.336 e. The van der Waals surface area contributed by atoms with E-state index in [0.29, 0.717) is 27.8 Å². The van der Waals surface area contributed by atoms with Gasteiger partial charge in [-0.3, -0.25) is 4.79 Å². The molecule has 0 atom stereocenters. The average Bonchev–Trinajstić information content (AvgIpc) is 3.51. The van der Waals surface area contributed by atoms with Gasteiger partial charge in [-0.05, 0) is 41.5 Å². The average molecular weight is 619 g/mol. The number of carbonyl (C=O) groups is 2. The molecule has 11 heteroatoms. The number of carboxylic acid groups (broad SMARTS) is 1. The summed E-state index contributed by atoms with van der Waals surface area (Å²) >= 11 is 13.9. The summed E-state index contributed by atoms with van der Waals surface area (Å²) < 4.78 is 0. The molecule has 4 N–H and O–H groups in total. The summed E-state index contributed by atoms with van der Waals surface area (Å²) in [5, 5.41) is 16.6. The Labute approximate surface area is 256 Å². The number of hydrogen-bond donors (Lipinski definition) is 3. The predicted octanol–water partition coefficient (Wildman–Crippen LogP) is 7.09. The van der Waals surface area contributed by atoms with Crippen molar-refractivity contribution in [1.82, 2.24) is 9.97 Å². The number of pyridine rings is 1. The van der Waals surface area contributed by atoms with Crippen LogP contribution in [0.4, 0.5) is 11.5 Å². The van der Waals surface area contributed by atoms with Crippen LogP contribution in [0, 0.1) is 0 Å². The molecule has 0 bridgehead atoms. The van der Waals surface area contributed by atoms with Crippen LogP contribution in [-0.2, 0) is 6.54 Å². The Balaban J connectivity index is 0.000000211. The SMILES string of the molecule is NC(=O)c1csc(-c2ccccc2)n1.O=C(O)c1ccccc1-c1cnc2c(c1)N(Cc1cc(Cl)ccc1Cl)CCN2. The first-order valence-electron chi connectivity index (χ1n) is 12.9. The zero-order valence-corrected chi connectivity index (χ0v) is 24.5. The molecule has 1 aliphatic rings. The number of anilines is 2. The van der Waals surface area contributed by atoms with Gasteiger partial charge < -0.3 is 21.1 Å². The molecule has 0 radical (unpaired) electrons. The van der Waals surface area contributed by atoms with E-state index < -0.39 is 11.9 Å². The summed E-state index contributed by atoms with van der Waals surface area (Å²) in [7, 11) is 0. The smallest absolute Gasteiger partial charge is 0.336 e. The number of fused-ring (bicyclic) bond motifs is 1. The van der Waals surface area contributed by atoms with Gasteiger partial charge in [0.15, 0.2) is 0 Å². The molecule has 0 fully saturated rings. The highest BCUT2D eigenvalue weighted by molar-refractivity contribution is 7.13. The van der Waals surface area contributed by atoms with Crippen LogP contribution in [0.25, 0.3) is 21.7 Å². The van der Waals surface area contributed by atoms with Gasteiger partial charge in [-0.15, -0.1) is 11.3 Å². The van der Waals surface area contributed by atoms with Crippen molar-refractivity contribution in [2.75, 3.05) is 23.3 Å². The summed E-state index contributed by atoms with van der Waals surface area (Å²) in [4.78, 5) is 33.2. The van der Waals surface area contributed by atoms with Gasteiger partial charge in [0.05, 0.1) is 11.3 Å². The molecule has 0 aliphatic carbocycles. The van der Waals surface area contributed by atoms with Crippen molar-refractivity contribution in [3.05, 3.63) is 117 Å². The fourth-order valence-corrected chi connectivity index (χ4v) is 5.65. The molecule has 0 spiro atoms. The number of aromatic nitrogens is 2. The van der Waals surface area contributed by atoms with E-state index >= 15 is 0 Å². The van der Waals surface area contributed by atoms with Gasteiger partial charge >= 0.3 is 5.97 Å². The van der Waals surface area contributed by atoms with E-state index in [0.717, 1.165) is 46.3 Å². The van der Waals surface area contributed by atoms with E-state index in [-0.39, 0.29) is 5.56 Å². The zero-order chi connectivity index (χ0) is 29.6. The van der Waals surface area contributed by atoms with Crippen LogP contribution in [0.3, 0.4) is 0 Å². The highest BCUT2D eigenvalue weighted by atomic mass is 35.5. The molecule has 8 nitrogen and oxygen atoms in total. The molecule has 0 saturated carbocycles. The number of rotatable bonds is 6. The van der Waals surface area contributed by atoms with Gasteiger partial charge in [0.25, 0.3) is 5.91 Å². The Kier molecular flexibility index (Phi) is 9.02. The standard InChI is InChI=1S/C21H17Cl2N3O2.C10H8N2OS/c22-15-5-6-18(23)14(9-15)12-26-8-7-24-20-19(26)10-13(11-25-20)16-3-1-2-4-17(16)21(27)28;11-9(13)8-6-14-10(12-8)7-4-2-1-3-5-7/h1-6,9-11H,7-8,12H2,(H,24,25)(H,27,28);1-6H,(H2,11,13). The molecule has 1 amide bonds. The van der Waals surface area contributed by atoms with Crippen LogP contribution < -0.4 is 16.0 Å². The molecule has 0 unspecified atom stereocenters. The number of amides is 1. The minimum atomic E-state index is -0.964. The number of nitrogens with one attached hydrogen (secondary N) is 1. The molecule has 3 heterocycles. The molecule has 2 aromatic heterocycles. The maximum atomic E-state index is 11.6. The second-order valence-corrected chi connectivity index (χ2v) is 11.0. The molecule has 6 rings (SSSR count). The van der Waals surface area contributed by atoms with Crippen molar-refractivity contribution in [2.24, 2.45) is 5.73 Å². The molecule has 3 aromatic carbocycles. The van der Waals surface area contributed by atoms with Gasteiger partial charge in [0.2, 0.25) is 0 Å². The maximum absolute atomic E-state index is 11.6. The third kappa shape index (κ3) is 6.71. The summed E-state index contributed by atoms with van der Waals surface area (Å²) in [6.45, 7) is 2.10. The first-order chi connectivity index (χ1) is 20.3. The number of carboxylic acids is 1. The quantitative estimate of drug-likeness (QED) is 0.186. The summed E-state index contributed by atoms with van der Waals surface area (Å²) in [5.74, 6) is -0.682. The second-order valence-electron chi connectivity index (χ2n) is 9.29. The van der Waals surface area contributed by atoms with E-state index in [4.69, 9.17) is 28.9 Å². The number of thiazole rings is 1. The summed E-state index contributed by atoms with van der Waals surface area (Å²) in [6.07, 6.45) is 1.70. The molecule has 5 aromatic rings. The van der Waals surface area contributed by atoms with E-state index in [1.165, 1.54) is 11.3 Å². The van der Waals surface area contributed by atoms with Crippen molar-refractivity contribution in [1.29, 1.82) is 0 Å². The van der Waals surface area contributed by atoms with Crippen molar-refractivity contribution < 1.29 is 14.7 Å². The lowest BCUT2D eigenvalue weighted by atomic mass is 10.0. The number of benzene rings is 3. The normalized spacial score (nSPS) is 12.0. The van der Waals surface area contributed by atoms with Crippen molar-refractivity contribution in [2.45, 2.75) is 6.54 Å². The Morgan fingerprint density at radius 2 is 1.76 bits per heavy atom. The van der Waals surface area contributed by atoms with Crippen molar-refractivity contribution >= 4 is 57.9 Å². The number of primary amides is 1. The zero-order valence-electron chi connectivity index (χ0n) is 22.1. The van der Waals surface area contributed by atoms with Gasteiger partial charge in [-0.1, -0.05) is 71.7 Å². The fraction of sp³-hybridized carbons (Fsp3) is 0.0968. The third-order valence-electron chi connectivity index (χ3n) is 6.50. The Morgan fingerprint density at radius 3 is 2.50 bits per heavy atom. The van der Waals surface area contributed by atoms with Crippen LogP contribution in [0.1, 0.15) is 26.4 Å². The lowest BCUT2D eigenvalue weighted by molar-refractivity contribution is 0.0697. The van der Waals surface area contributed by atoms with E-state index in [9.17, 15) is 14.7 Å². The van der Waals surface area contributed by atoms with E-state index in [1.54, 1.807) is 41.9 Å². The number of aromatic carboxylic acids is 1. The van der Waals surface area contributed by atoms with Crippen LogP contribution in [0.5, 0.6) is 0 Å². The molecule has 42 heavy (non-hydrogen) atoms. The van der Waals surface area contributed by atoms with Gasteiger partial charge in [0, 0.05) is 52.4 Å². The highest BCUT2D eigenvalue weighted by Gasteiger charge is 2.21. The number of nitrogens with zero attached hydrogens (tertiary/aromatic N) is 3. The Bertz CT molecular complexity index is 1750. The molecular formula is C31H25Cl2N5O3S. The largest absolute Gasteiger partial charge is 0.478 e. The molecule has 0 saturated heterocycles. The third-order valence-corrected chi connectivity index (χ3v) is 7.99. The van der Waals surface area contributed by atoms with Crippen LogP contribution in [-0.4, -0.2) is 40.0 Å². The lowest BCUT2D eigenvalue weighted by Crippen LogP contribution is -2.34. The first-order valence-corrected chi connectivity index (χ1v) is 14.5. The first kappa shape index (κ1) is 29.1. The molecule has 212 valence electrons. The number of carbonyl (C=O) groups excluding carboxylic acids is 1. The van der Waals surface area contributed by atoms with E-state index in [1.807, 2.05) is 48.5 Å². The van der Waals surface area contributed by atoms with Gasteiger partial charge in [-0.25, -0.2) is 14.8 Å². The van der Waals surface area contributed by atoms with E-state index in [2.05, 4.69) is 20.2 Å². The fourth-order valence-electron chi connectivity index (χ4n) is 4.46. The van der Waals surface area contributed by atoms with Gasteiger partial charge in [-0.2, -0.15) is 0 Å². The summed E-state index contributed by atoms with van der Waals surface area (Å²) in [6, 6.07) is 24.0. The van der Waals surface area contributed by atoms with Crippen molar-refractivity contribution in [3.63, 3.8) is 0 Å². The summed E-state index contributed by atoms with van der Waals surface area (Å²) in [5.41, 5.74) is 9.91. The minimum Gasteiger partial charge on any atom is -0.478 e. The Morgan fingerprint density at radius 1 is 1.00 bits per heavy atom. The van der Waals surface area contributed by atoms with Crippen LogP contribution in [0.15, 0.2) is 90.4 Å². The number of hydrogen-bond acceptors (Lipinski definition) is 7. The monoisotopic (exact) mass is 617 g/mol. The topological polar surface area (TPSA) is 121 Å². The minimum absolute atomic E-state index is 0.248. The molecular weight excluding hydrogens is 593 g/mol. The number of halogens is 2. The molecule has 1 aliphatic heterocycles. The number of nitrogens with two attached hydrogens (primary N) is 1. The second kappa shape index (κ2) is 13.0. The lowest BCUT2D eigenvalue weighted by Gasteiger charge is -2.32. The van der Waals surface area contributed by atoms with Crippen molar-refractivity contribution in [3.8, 4) is 21.7 Å². The highest BCUT2D eigenvalue weighted by Crippen LogP contribution is 2.35. The predicted molar refractivity (Wildman–Crippen MR) is 169 cm³/mol. The Hall–Kier alpha value is -4.44. The van der Waals surface area contributed by atoms with Crippen LogP contribution >= 0.6 is 34.5 Å². The van der Waals surface area contributed by atoms with Gasteiger partial charge in [0.1, 0.15) is 16.5 Å². The van der Waals surface area contributed by atoms with Crippen LogP contribution in [0.2, 0.25) is 10.0 Å².